The van der Waals surface area contributed by atoms with Gasteiger partial charge in [-0.05, 0) is 31.9 Å². The van der Waals surface area contributed by atoms with Crippen LogP contribution in [0.4, 0.5) is 19.0 Å². The summed E-state index contributed by atoms with van der Waals surface area (Å²) in [5, 5.41) is 12.6. The monoisotopic (exact) mass is 521 g/mol. The number of halogens is 3. The van der Waals surface area contributed by atoms with Gasteiger partial charge in [-0.1, -0.05) is 12.1 Å². The minimum Gasteiger partial charge on any atom is -0.487 e. The lowest BCUT2D eigenvalue weighted by molar-refractivity contribution is -0.0583. The molecule has 1 fully saturated rings. The van der Waals surface area contributed by atoms with E-state index in [0.717, 1.165) is 18.9 Å². The fourth-order valence-corrected chi connectivity index (χ4v) is 3.71. The zero-order valence-corrected chi connectivity index (χ0v) is 20.7. The molecule has 0 radical (unpaired) electrons. The second-order valence-corrected chi connectivity index (χ2v) is 8.69. The number of alkyl halides is 2. The van der Waals surface area contributed by atoms with Crippen LogP contribution in [0.25, 0.3) is 10.9 Å². The molecule has 200 valence electrons. The van der Waals surface area contributed by atoms with Crippen molar-refractivity contribution >= 4 is 16.7 Å². The molecular formula is C26H30F3N3O5. The van der Waals surface area contributed by atoms with Gasteiger partial charge in [-0.3, -0.25) is 0 Å². The van der Waals surface area contributed by atoms with E-state index in [1.165, 1.54) is 12.1 Å². The molecule has 2 aromatic carbocycles. The van der Waals surface area contributed by atoms with Gasteiger partial charge >= 0.3 is 0 Å². The normalized spacial score (nSPS) is 13.7. The van der Waals surface area contributed by atoms with Crippen molar-refractivity contribution in [2.75, 3.05) is 45.5 Å². The third-order valence-corrected chi connectivity index (χ3v) is 5.75. The molecule has 1 aliphatic rings. The highest BCUT2D eigenvalue weighted by Crippen LogP contribution is 2.35. The Morgan fingerprint density at radius 2 is 1.78 bits per heavy atom. The summed E-state index contributed by atoms with van der Waals surface area (Å²) >= 11 is 0. The largest absolute Gasteiger partial charge is 0.487 e. The number of nitrogens with zero attached hydrogens (tertiary/aromatic N) is 2. The Bertz CT molecular complexity index is 1220. The van der Waals surface area contributed by atoms with Crippen LogP contribution in [0, 0.1) is 12.7 Å². The number of anilines is 1. The first kappa shape index (κ1) is 26.9. The van der Waals surface area contributed by atoms with Gasteiger partial charge in [0, 0.05) is 30.7 Å². The predicted octanol–water partition coefficient (Wildman–Crippen LogP) is 4.36. The van der Waals surface area contributed by atoms with Crippen LogP contribution in [0.1, 0.15) is 29.8 Å². The summed E-state index contributed by atoms with van der Waals surface area (Å²) in [6.45, 7) is 1.54. The summed E-state index contributed by atoms with van der Waals surface area (Å²) in [6, 6.07) is 7.13. The average Bonchev–Trinajstić information content (AvgIpc) is 3.70. The van der Waals surface area contributed by atoms with Gasteiger partial charge < -0.3 is 29.4 Å². The number of nitrogens with one attached hydrogen (secondary N) is 1. The van der Waals surface area contributed by atoms with Crippen LogP contribution in [-0.4, -0.2) is 61.3 Å². The molecule has 1 saturated carbocycles. The molecule has 0 bridgehead atoms. The van der Waals surface area contributed by atoms with Crippen molar-refractivity contribution in [1.29, 1.82) is 0 Å². The minimum absolute atomic E-state index is 0.00302. The van der Waals surface area contributed by atoms with Crippen LogP contribution < -0.4 is 14.8 Å². The topological polar surface area (TPSA) is 95.0 Å². The van der Waals surface area contributed by atoms with E-state index in [1.807, 2.05) is 0 Å². The van der Waals surface area contributed by atoms with Gasteiger partial charge in [0.25, 0.3) is 5.92 Å². The third-order valence-electron chi connectivity index (χ3n) is 5.75. The number of aromatic nitrogens is 2. The van der Waals surface area contributed by atoms with E-state index in [1.54, 1.807) is 26.2 Å². The van der Waals surface area contributed by atoms with Crippen molar-refractivity contribution in [3.63, 3.8) is 0 Å². The Balaban J connectivity index is 1.60. The number of hydrogen-bond acceptors (Lipinski definition) is 8. The summed E-state index contributed by atoms with van der Waals surface area (Å²) in [4.78, 5) is 8.91. The van der Waals surface area contributed by atoms with E-state index in [4.69, 9.17) is 24.1 Å². The molecule has 0 amide bonds. The summed E-state index contributed by atoms with van der Waals surface area (Å²) in [5.74, 6) is -3.02. The molecular weight excluding hydrogens is 491 g/mol. The van der Waals surface area contributed by atoms with Crippen molar-refractivity contribution in [1.82, 2.24) is 9.97 Å². The molecule has 4 rings (SSSR count). The highest BCUT2D eigenvalue weighted by molar-refractivity contribution is 5.91. The molecule has 0 spiro atoms. The van der Waals surface area contributed by atoms with Crippen molar-refractivity contribution < 1.29 is 37.2 Å². The van der Waals surface area contributed by atoms with E-state index in [2.05, 4.69) is 15.3 Å². The van der Waals surface area contributed by atoms with Crippen LogP contribution in [0.2, 0.25) is 0 Å². The summed E-state index contributed by atoms with van der Waals surface area (Å²) in [7, 11) is 1.58. The lowest BCUT2D eigenvalue weighted by Gasteiger charge is -2.18. The van der Waals surface area contributed by atoms with Crippen LogP contribution in [0.5, 0.6) is 11.5 Å². The first-order chi connectivity index (χ1) is 17.8. The molecule has 1 aliphatic carbocycles. The molecule has 1 heterocycles. The van der Waals surface area contributed by atoms with Gasteiger partial charge in [-0.25, -0.2) is 14.4 Å². The molecule has 3 aromatic rings. The van der Waals surface area contributed by atoms with E-state index in [9.17, 15) is 13.2 Å². The van der Waals surface area contributed by atoms with Gasteiger partial charge in [0.15, 0.2) is 11.5 Å². The fraction of sp³-hybridized carbons (Fsp3) is 0.462. The SMILES string of the molecule is COCCOc1cc2nc(C)nc(NCc3cccc(C(F)(F)CO)c3F)c2cc1OCCOC1CC1. The summed E-state index contributed by atoms with van der Waals surface area (Å²) < 4.78 is 65.2. The first-order valence-electron chi connectivity index (χ1n) is 12.0. The number of aliphatic hydroxyl groups is 1. The molecule has 2 N–H and O–H groups in total. The number of aryl methyl sites for hydroxylation is 1. The summed E-state index contributed by atoms with van der Waals surface area (Å²) in [6.07, 6.45) is 2.43. The Kier molecular flexibility index (Phi) is 8.67. The second-order valence-electron chi connectivity index (χ2n) is 8.69. The average molecular weight is 522 g/mol. The Morgan fingerprint density at radius 1 is 1.05 bits per heavy atom. The lowest BCUT2D eigenvalue weighted by Crippen LogP contribution is -2.21. The third kappa shape index (κ3) is 6.79. The number of methoxy groups -OCH3 is 1. The molecule has 0 saturated heterocycles. The molecule has 1 aromatic heterocycles. The van der Waals surface area contributed by atoms with Crippen LogP contribution in [0.15, 0.2) is 30.3 Å². The van der Waals surface area contributed by atoms with Gasteiger partial charge in [-0.2, -0.15) is 8.78 Å². The number of hydrogen-bond donors (Lipinski definition) is 2. The number of fused-ring (bicyclic) bond motifs is 1. The number of aliphatic hydroxyl groups excluding tert-OH is 1. The van der Waals surface area contributed by atoms with E-state index in [-0.39, 0.29) is 12.1 Å². The molecule has 37 heavy (non-hydrogen) atoms. The molecule has 0 unspecified atom stereocenters. The minimum atomic E-state index is -3.69. The maximum atomic E-state index is 14.8. The Hall–Kier alpha value is -3.15. The van der Waals surface area contributed by atoms with Gasteiger partial charge in [-0.15, -0.1) is 0 Å². The van der Waals surface area contributed by atoms with Gasteiger partial charge in [0.2, 0.25) is 0 Å². The number of benzene rings is 2. The predicted molar refractivity (Wildman–Crippen MR) is 131 cm³/mol. The Labute approximate surface area is 212 Å². The number of ether oxygens (including phenoxy) is 4. The maximum Gasteiger partial charge on any atom is 0.298 e. The standard InChI is InChI=1S/C26H30F3N3O5/c1-16-31-21-13-23(36-9-8-34-2)22(37-11-10-35-18-6-7-18)12-19(21)25(32-16)30-14-17-4-3-5-20(24(17)27)26(28,29)15-33/h3-5,12-13,18,33H,6-11,14-15H2,1-2H3,(H,30,31,32). The zero-order valence-electron chi connectivity index (χ0n) is 20.7. The second kappa shape index (κ2) is 11.9. The van der Waals surface area contributed by atoms with Gasteiger partial charge in [0.05, 0.1) is 30.4 Å². The number of rotatable bonds is 14. The lowest BCUT2D eigenvalue weighted by atomic mass is 10.0. The van der Waals surface area contributed by atoms with E-state index in [0.29, 0.717) is 66.6 Å². The molecule has 0 aliphatic heterocycles. The van der Waals surface area contributed by atoms with Crippen LogP contribution in [-0.2, 0) is 21.9 Å². The van der Waals surface area contributed by atoms with Crippen molar-refractivity contribution in [3.8, 4) is 11.5 Å². The van der Waals surface area contributed by atoms with Gasteiger partial charge in [0.1, 0.15) is 37.3 Å². The van der Waals surface area contributed by atoms with Crippen LogP contribution >= 0.6 is 0 Å². The maximum absolute atomic E-state index is 14.8. The zero-order chi connectivity index (χ0) is 26.4. The molecule has 8 nitrogen and oxygen atoms in total. The molecule has 0 atom stereocenters. The van der Waals surface area contributed by atoms with Crippen molar-refractivity contribution in [2.45, 2.75) is 38.3 Å². The van der Waals surface area contributed by atoms with E-state index < -0.39 is 23.9 Å². The van der Waals surface area contributed by atoms with Crippen LogP contribution in [0.3, 0.4) is 0 Å². The smallest absolute Gasteiger partial charge is 0.298 e. The van der Waals surface area contributed by atoms with Crippen molar-refractivity contribution in [3.05, 3.63) is 53.1 Å². The fourth-order valence-electron chi connectivity index (χ4n) is 3.71. The first-order valence-corrected chi connectivity index (χ1v) is 12.0. The Morgan fingerprint density at radius 3 is 2.49 bits per heavy atom. The highest BCUT2D eigenvalue weighted by atomic mass is 19.3. The quantitative estimate of drug-likeness (QED) is 0.302. The van der Waals surface area contributed by atoms with Crippen molar-refractivity contribution in [2.24, 2.45) is 0 Å². The summed E-state index contributed by atoms with van der Waals surface area (Å²) in [5.41, 5.74) is -0.298. The van der Waals surface area contributed by atoms with E-state index >= 15 is 0 Å². The highest BCUT2D eigenvalue weighted by Gasteiger charge is 2.34. The molecule has 11 heteroatoms.